The van der Waals surface area contributed by atoms with Gasteiger partial charge in [-0.15, -0.1) is 0 Å². The molecule has 0 aliphatic carbocycles. The number of nitrogens with zero attached hydrogens (tertiary/aromatic N) is 3. The largest absolute Gasteiger partial charge is 0.348 e. The van der Waals surface area contributed by atoms with Crippen LogP contribution in [0.15, 0.2) is 53.5 Å². The number of hydrogen-bond donors (Lipinski definition) is 0. The number of nitro benzene ring substituents is 1. The first-order chi connectivity index (χ1) is 10.6. The highest BCUT2D eigenvalue weighted by molar-refractivity contribution is 6.37. The highest BCUT2D eigenvalue weighted by atomic mass is 35.5. The summed E-state index contributed by atoms with van der Waals surface area (Å²) in [7, 11) is 0. The normalized spacial score (nSPS) is 10.8. The van der Waals surface area contributed by atoms with Crippen LogP contribution in [0, 0.1) is 10.1 Å². The Morgan fingerprint density at radius 3 is 2.59 bits per heavy atom. The zero-order chi connectivity index (χ0) is 15.7. The van der Waals surface area contributed by atoms with Crippen LogP contribution in [0.3, 0.4) is 0 Å². The number of halogens is 1. The molecule has 0 radical (unpaired) electrons. The van der Waals surface area contributed by atoms with Gasteiger partial charge in [-0.3, -0.25) is 14.7 Å². The molecule has 110 valence electrons. The second kappa shape index (κ2) is 5.57. The molecule has 0 bridgehead atoms. The highest BCUT2D eigenvalue weighted by Gasteiger charge is 2.17. The van der Waals surface area contributed by atoms with Crippen molar-refractivity contribution in [2.24, 2.45) is 0 Å². The van der Waals surface area contributed by atoms with E-state index >= 15 is 0 Å². The van der Waals surface area contributed by atoms with E-state index in [1.807, 2.05) is 30.3 Å². The van der Waals surface area contributed by atoms with Crippen molar-refractivity contribution in [3.8, 4) is 0 Å². The van der Waals surface area contributed by atoms with Gasteiger partial charge in [-0.05, 0) is 11.6 Å². The third-order valence-corrected chi connectivity index (χ3v) is 3.64. The molecule has 7 heteroatoms. The monoisotopic (exact) mass is 315 g/mol. The standard InChI is InChI=1S/C15H10ClN3O3/c16-13-12(19(21)22)7-6-11-9-18(15(20)17-14(11)13)8-10-4-2-1-3-5-10/h1-7,9H,8H2. The predicted octanol–water partition coefficient (Wildman–Crippen LogP) is 3.01. The van der Waals surface area contributed by atoms with Crippen molar-refractivity contribution in [3.05, 3.63) is 79.8 Å². The fourth-order valence-corrected chi connectivity index (χ4v) is 2.49. The molecule has 22 heavy (non-hydrogen) atoms. The molecule has 1 heterocycles. The Labute approximate surface area is 129 Å². The van der Waals surface area contributed by atoms with Gasteiger partial charge in [-0.1, -0.05) is 41.9 Å². The first-order valence-electron chi connectivity index (χ1n) is 6.44. The van der Waals surface area contributed by atoms with Gasteiger partial charge in [0.1, 0.15) is 10.5 Å². The molecule has 0 aliphatic heterocycles. The van der Waals surface area contributed by atoms with E-state index < -0.39 is 10.6 Å². The molecule has 0 unspecified atom stereocenters. The summed E-state index contributed by atoms with van der Waals surface area (Å²) in [5.41, 5.74) is 0.338. The van der Waals surface area contributed by atoms with E-state index in [1.165, 1.54) is 16.7 Å². The summed E-state index contributed by atoms with van der Waals surface area (Å²) < 4.78 is 1.44. The van der Waals surface area contributed by atoms with E-state index in [9.17, 15) is 14.9 Å². The smallest absolute Gasteiger partial charge is 0.294 e. The molecular formula is C15H10ClN3O3. The SMILES string of the molecule is O=c1nc2c(Cl)c([N+](=O)[O-])ccc2cn1Cc1ccccc1. The van der Waals surface area contributed by atoms with Crippen molar-refractivity contribution >= 4 is 28.2 Å². The number of fused-ring (bicyclic) bond motifs is 1. The molecule has 0 N–H and O–H groups in total. The maximum Gasteiger partial charge on any atom is 0.348 e. The van der Waals surface area contributed by atoms with Gasteiger partial charge < -0.3 is 0 Å². The lowest BCUT2D eigenvalue weighted by Gasteiger charge is -2.07. The number of aromatic nitrogens is 2. The summed E-state index contributed by atoms with van der Waals surface area (Å²) in [6.07, 6.45) is 1.60. The molecule has 0 amide bonds. The fourth-order valence-electron chi connectivity index (χ4n) is 2.20. The quantitative estimate of drug-likeness (QED) is 0.550. The maximum absolute atomic E-state index is 12.1. The second-order valence-electron chi connectivity index (χ2n) is 4.73. The zero-order valence-corrected chi connectivity index (χ0v) is 12.0. The Morgan fingerprint density at radius 1 is 1.18 bits per heavy atom. The molecule has 0 saturated carbocycles. The van der Waals surface area contributed by atoms with Gasteiger partial charge in [0.05, 0.1) is 11.5 Å². The first-order valence-corrected chi connectivity index (χ1v) is 6.82. The van der Waals surface area contributed by atoms with Crippen molar-refractivity contribution < 1.29 is 4.92 Å². The number of rotatable bonds is 3. The van der Waals surface area contributed by atoms with Crippen molar-refractivity contribution in [3.63, 3.8) is 0 Å². The maximum atomic E-state index is 12.1. The molecule has 0 fully saturated rings. The predicted molar refractivity (Wildman–Crippen MR) is 83.2 cm³/mol. The molecule has 0 aliphatic rings. The number of hydrogen-bond acceptors (Lipinski definition) is 4. The Morgan fingerprint density at radius 2 is 1.91 bits per heavy atom. The summed E-state index contributed by atoms with van der Waals surface area (Å²) in [4.78, 5) is 26.2. The fraction of sp³-hybridized carbons (Fsp3) is 0.0667. The van der Waals surface area contributed by atoms with Gasteiger partial charge in [0.15, 0.2) is 0 Å². The number of benzene rings is 2. The van der Waals surface area contributed by atoms with E-state index in [0.717, 1.165) is 5.56 Å². The lowest BCUT2D eigenvalue weighted by Crippen LogP contribution is -2.23. The van der Waals surface area contributed by atoms with Crippen LogP contribution in [-0.2, 0) is 6.54 Å². The first kappa shape index (κ1) is 14.2. The molecule has 6 nitrogen and oxygen atoms in total. The van der Waals surface area contributed by atoms with Gasteiger partial charge in [-0.25, -0.2) is 4.79 Å². The van der Waals surface area contributed by atoms with Crippen molar-refractivity contribution in [2.75, 3.05) is 0 Å². The summed E-state index contributed by atoms with van der Waals surface area (Å²) in [6.45, 7) is 0.372. The van der Waals surface area contributed by atoms with E-state index in [4.69, 9.17) is 11.6 Å². The minimum absolute atomic E-state index is 0.119. The molecule has 0 spiro atoms. The van der Waals surface area contributed by atoms with Gasteiger partial charge in [-0.2, -0.15) is 4.98 Å². The molecular weight excluding hydrogens is 306 g/mol. The van der Waals surface area contributed by atoms with Gasteiger partial charge in [0.2, 0.25) is 0 Å². The van der Waals surface area contributed by atoms with Gasteiger partial charge in [0, 0.05) is 17.6 Å². The molecule has 2 aromatic carbocycles. The van der Waals surface area contributed by atoms with Crippen LogP contribution in [0.1, 0.15) is 5.56 Å². The minimum atomic E-state index is -0.598. The van der Waals surface area contributed by atoms with Gasteiger partial charge >= 0.3 is 5.69 Å². The Bertz CT molecular complexity index is 922. The molecule has 1 aromatic heterocycles. The van der Waals surface area contributed by atoms with Crippen LogP contribution in [0.25, 0.3) is 10.9 Å². The average molecular weight is 316 g/mol. The third kappa shape index (κ3) is 2.56. The second-order valence-corrected chi connectivity index (χ2v) is 5.11. The molecule has 3 rings (SSSR count). The zero-order valence-electron chi connectivity index (χ0n) is 11.3. The van der Waals surface area contributed by atoms with Gasteiger partial charge in [0.25, 0.3) is 5.69 Å². The Hall–Kier alpha value is -2.73. The van der Waals surface area contributed by atoms with E-state index in [2.05, 4.69) is 4.98 Å². The highest BCUT2D eigenvalue weighted by Crippen LogP contribution is 2.30. The molecule has 0 atom stereocenters. The van der Waals surface area contributed by atoms with Crippen LogP contribution in [0.4, 0.5) is 5.69 Å². The minimum Gasteiger partial charge on any atom is -0.294 e. The summed E-state index contributed by atoms with van der Waals surface area (Å²) in [5.74, 6) is 0. The lowest BCUT2D eigenvalue weighted by atomic mass is 10.2. The Balaban J connectivity index is 2.12. The van der Waals surface area contributed by atoms with E-state index in [-0.39, 0.29) is 16.2 Å². The van der Waals surface area contributed by atoms with Crippen molar-refractivity contribution in [1.29, 1.82) is 0 Å². The molecule has 3 aromatic rings. The summed E-state index contributed by atoms with van der Waals surface area (Å²) >= 11 is 5.97. The third-order valence-electron chi connectivity index (χ3n) is 3.27. The topological polar surface area (TPSA) is 78.0 Å². The van der Waals surface area contributed by atoms with Crippen molar-refractivity contribution in [2.45, 2.75) is 6.54 Å². The van der Waals surface area contributed by atoms with E-state index in [0.29, 0.717) is 11.9 Å². The van der Waals surface area contributed by atoms with E-state index in [1.54, 1.807) is 6.20 Å². The summed E-state index contributed by atoms with van der Waals surface area (Å²) in [5, 5.41) is 11.3. The van der Waals surface area contributed by atoms with Crippen molar-refractivity contribution in [1.82, 2.24) is 9.55 Å². The molecule has 0 saturated heterocycles. The lowest BCUT2D eigenvalue weighted by molar-refractivity contribution is -0.384. The van der Waals surface area contributed by atoms with Crippen LogP contribution in [0.5, 0.6) is 0 Å². The van der Waals surface area contributed by atoms with Crippen LogP contribution in [-0.4, -0.2) is 14.5 Å². The summed E-state index contributed by atoms with van der Waals surface area (Å²) in [6, 6.07) is 12.3. The van der Waals surface area contributed by atoms with Crippen LogP contribution < -0.4 is 5.69 Å². The number of nitro groups is 1. The van der Waals surface area contributed by atoms with Crippen LogP contribution >= 0.6 is 11.6 Å². The Kier molecular flexibility index (Phi) is 3.60. The van der Waals surface area contributed by atoms with Crippen LogP contribution in [0.2, 0.25) is 5.02 Å². The average Bonchev–Trinajstić information content (AvgIpc) is 2.50.